The summed E-state index contributed by atoms with van der Waals surface area (Å²) in [5.41, 5.74) is -0.868. The number of carbonyl (C=O) groups is 4. The number of nitrogens with one attached hydrogen (secondary N) is 4. The van der Waals surface area contributed by atoms with E-state index in [1.807, 2.05) is 40.7 Å². The normalized spacial score (nSPS) is 21.8. The predicted molar refractivity (Wildman–Crippen MR) is 193 cm³/mol. The van der Waals surface area contributed by atoms with Crippen LogP contribution < -0.4 is 21.3 Å². The van der Waals surface area contributed by atoms with Crippen molar-refractivity contribution in [2.24, 2.45) is 28.1 Å². The zero-order valence-electron chi connectivity index (χ0n) is 31.3. The molecule has 2 fully saturated rings. The zero-order valence-corrected chi connectivity index (χ0v) is 32.8. The second kappa shape index (κ2) is 15.9. The highest BCUT2D eigenvalue weighted by Crippen LogP contribution is 2.65. The monoisotopic (exact) mass is 760 g/mol. The minimum absolute atomic E-state index is 0.00926. The van der Waals surface area contributed by atoms with Crippen molar-refractivity contribution in [3.05, 3.63) is 34.9 Å². The summed E-state index contributed by atoms with van der Waals surface area (Å²) < 4.78 is 52.7. The molecule has 1 saturated carbocycles. The van der Waals surface area contributed by atoms with Crippen LogP contribution in [-0.2, 0) is 30.8 Å². The number of nitrogens with zero attached hydrogens (tertiary/aromatic N) is 2. The molecular weight excluding hydrogens is 706 g/mol. The van der Waals surface area contributed by atoms with Gasteiger partial charge in [0.25, 0.3) is 0 Å². The van der Waals surface area contributed by atoms with E-state index >= 15 is 0 Å². The number of rotatable bonds is 14. The third kappa shape index (κ3) is 11.0. The molecule has 1 aromatic carbocycles. The molecule has 16 heteroatoms. The van der Waals surface area contributed by atoms with E-state index < -0.39 is 81.6 Å². The summed E-state index contributed by atoms with van der Waals surface area (Å²) in [7, 11) is -2.12. The average Bonchev–Trinajstić information content (AvgIpc) is 3.29. The lowest BCUT2D eigenvalue weighted by atomic mass is 9.85. The summed E-state index contributed by atoms with van der Waals surface area (Å²) in [6.45, 7) is 15.1. The minimum Gasteiger partial charge on any atom is -0.354 e. The number of piperidine rings is 1. The van der Waals surface area contributed by atoms with Crippen molar-refractivity contribution in [2.45, 2.75) is 98.8 Å². The molecule has 5 amide bonds. The number of likely N-dealkylation sites (N-methyl/N-ethyl adjacent to an activating group) is 1. The molecule has 1 aromatic rings. The summed E-state index contributed by atoms with van der Waals surface area (Å²) in [6, 6.07) is 1.98. The number of hydrogen-bond acceptors (Lipinski definition) is 6. The highest BCUT2D eigenvalue weighted by molar-refractivity contribution is 7.88. The van der Waals surface area contributed by atoms with Crippen LogP contribution in [0, 0.1) is 28.1 Å². The summed E-state index contributed by atoms with van der Waals surface area (Å²) >= 11 is 6.03. The van der Waals surface area contributed by atoms with Gasteiger partial charge in [-0.15, -0.1) is 0 Å². The van der Waals surface area contributed by atoms with E-state index in [2.05, 4.69) is 21.3 Å². The maximum Gasteiger partial charge on any atom is 0.315 e. The number of hydrogen-bond donors (Lipinski definition) is 4. The molecule has 6 atom stereocenters. The van der Waals surface area contributed by atoms with E-state index in [0.717, 1.165) is 16.1 Å². The van der Waals surface area contributed by atoms with Crippen LogP contribution in [0.4, 0.5) is 13.6 Å². The Bertz CT molecular complexity index is 1560. The van der Waals surface area contributed by atoms with Crippen LogP contribution in [0.25, 0.3) is 0 Å². The first-order valence-corrected chi connectivity index (χ1v) is 19.4. The van der Waals surface area contributed by atoms with Crippen molar-refractivity contribution in [1.29, 1.82) is 0 Å². The fourth-order valence-corrected chi connectivity index (χ4v) is 7.33. The Morgan fingerprint density at radius 3 is 2.20 bits per heavy atom. The highest BCUT2D eigenvalue weighted by Gasteiger charge is 2.70. The number of sulfonamides is 1. The molecule has 0 spiro atoms. The minimum atomic E-state index is -3.54. The van der Waals surface area contributed by atoms with Gasteiger partial charge in [0.15, 0.2) is 0 Å². The van der Waals surface area contributed by atoms with Crippen LogP contribution in [0.1, 0.15) is 67.4 Å². The van der Waals surface area contributed by atoms with Gasteiger partial charge < -0.3 is 26.2 Å². The zero-order chi connectivity index (χ0) is 38.9. The summed E-state index contributed by atoms with van der Waals surface area (Å²) in [4.78, 5) is 56.2. The Morgan fingerprint density at radius 2 is 1.67 bits per heavy atom. The number of amides is 5. The van der Waals surface area contributed by atoms with Gasteiger partial charge in [-0.1, -0.05) is 79.1 Å². The number of likely N-dealkylation sites (tertiary alicyclic amines) is 1. The molecule has 1 saturated heterocycles. The fourth-order valence-electron chi connectivity index (χ4n) is 6.70. The third-order valence-corrected chi connectivity index (χ3v) is 11.7. The number of fused-ring (bicyclic) bond motifs is 1. The number of urea groups is 1. The molecule has 4 N–H and O–H groups in total. The van der Waals surface area contributed by atoms with Gasteiger partial charge in [0, 0.05) is 44.2 Å². The summed E-state index contributed by atoms with van der Waals surface area (Å²) in [5, 5.41) is 11.3. The number of carbonyl (C=O) groups excluding carboxylic acids is 4. The molecule has 12 nitrogen and oxygen atoms in total. The van der Waals surface area contributed by atoms with Gasteiger partial charge >= 0.3 is 6.03 Å². The van der Waals surface area contributed by atoms with Gasteiger partial charge in [0.05, 0.1) is 6.26 Å². The average molecular weight is 761 g/mol. The molecule has 0 unspecified atom stereocenters. The van der Waals surface area contributed by atoms with Gasteiger partial charge in [-0.25, -0.2) is 26.3 Å². The quantitative estimate of drug-likeness (QED) is 0.227. The second-order valence-electron chi connectivity index (χ2n) is 16.6. The van der Waals surface area contributed by atoms with Crippen molar-refractivity contribution in [3.8, 4) is 0 Å². The standard InChI is InChI=1S/C35H55ClF2N6O6S/c1-33(2,3)24(19-43(9)51(10,49)50)41-32(48)42-28(34(4,5)6)31(47)44-18-22-26(35(22,7)8)27(44)30(46)40-23(17-25(37)38)29(45)39-15-14-20-12-11-13-21(36)16-20/h11-13,16,22-28H,14-15,17-19H2,1-10H3,(H,39,45)(H,40,46)(H2,41,42,48)/t22-,23-,24+,26-,27-,28+/m0/s1. The fraction of sp³-hybridized carbons (Fsp3) is 0.714. The van der Waals surface area contributed by atoms with Gasteiger partial charge in [-0.05, 0) is 52.2 Å². The van der Waals surface area contributed by atoms with Gasteiger partial charge in [-0.2, -0.15) is 0 Å². The topological polar surface area (TPSA) is 157 Å². The first-order valence-electron chi connectivity index (χ1n) is 17.1. The lowest BCUT2D eigenvalue weighted by Gasteiger charge is -2.39. The molecule has 0 bridgehead atoms. The Labute approximate surface area is 306 Å². The number of alkyl halides is 2. The molecule has 0 aromatic heterocycles. The number of benzene rings is 1. The first-order chi connectivity index (χ1) is 23.2. The molecule has 51 heavy (non-hydrogen) atoms. The molecule has 1 aliphatic heterocycles. The molecule has 2 aliphatic rings. The SMILES string of the molecule is CN(C[C@@H](NC(=O)N[C@H](C(=O)N1C[C@H]2[C@@H]([C@H]1C(=O)N[C@@H](CC(F)F)C(=O)NCCc1cccc(Cl)c1)C2(C)C)C(C)(C)C)C(C)(C)C)S(C)(=O)=O. The number of halogens is 3. The summed E-state index contributed by atoms with van der Waals surface area (Å²) in [6.07, 6.45) is -2.34. The smallest absolute Gasteiger partial charge is 0.315 e. The lowest BCUT2D eigenvalue weighted by molar-refractivity contribution is -0.144. The van der Waals surface area contributed by atoms with Gasteiger partial charge in [0.2, 0.25) is 34.2 Å². The van der Waals surface area contributed by atoms with Crippen molar-refractivity contribution in [1.82, 2.24) is 30.5 Å². The molecular formula is C35H55ClF2N6O6S. The van der Waals surface area contributed by atoms with E-state index in [4.69, 9.17) is 11.6 Å². The van der Waals surface area contributed by atoms with Crippen LogP contribution in [-0.4, -0.2) is 105 Å². The van der Waals surface area contributed by atoms with Crippen LogP contribution >= 0.6 is 11.6 Å². The Balaban J connectivity index is 1.79. The van der Waals surface area contributed by atoms with E-state index in [9.17, 15) is 36.4 Å². The Morgan fingerprint density at radius 1 is 1.04 bits per heavy atom. The lowest BCUT2D eigenvalue weighted by Crippen LogP contribution is -2.62. The maximum atomic E-state index is 14.3. The van der Waals surface area contributed by atoms with E-state index in [0.29, 0.717) is 11.4 Å². The molecule has 3 rings (SSSR count). The summed E-state index contributed by atoms with van der Waals surface area (Å²) in [5.74, 6) is -2.35. The van der Waals surface area contributed by atoms with Gasteiger partial charge in [-0.3, -0.25) is 14.4 Å². The van der Waals surface area contributed by atoms with E-state index in [1.54, 1.807) is 39.0 Å². The van der Waals surface area contributed by atoms with Crippen molar-refractivity contribution in [2.75, 3.05) is 32.9 Å². The Kier molecular flexibility index (Phi) is 13.2. The molecule has 288 valence electrons. The first kappa shape index (κ1) is 42.4. The largest absolute Gasteiger partial charge is 0.354 e. The van der Waals surface area contributed by atoms with Gasteiger partial charge in [0.1, 0.15) is 18.1 Å². The molecule has 1 aliphatic carbocycles. The third-order valence-electron chi connectivity index (χ3n) is 10.2. The van der Waals surface area contributed by atoms with Crippen LogP contribution in [0.5, 0.6) is 0 Å². The molecule has 1 heterocycles. The second-order valence-corrected chi connectivity index (χ2v) is 19.2. The molecule has 0 radical (unpaired) electrons. The maximum absolute atomic E-state index is 14.3. The Hall–Kier alpha value is -3.04. The van der Waals surface area contributed by atoms with Crippen molar-refractivity contribution >= 4 is 45.4 Å². The van der Waals surface area contributed by atoms with Crippen molar-refractivity contribution in [3.63, 3.8) is 0 Å². The van der Waals surface area contributed by atoms with Crippen molar-refractivity contribution < 1.29 is 36.4 Å². The van der Waals surface area contributed by atoms with E-state index in [-0.39, 0.29) is 36.9 Å². The van der Waals surface area contributed by atoms with Crippen LogP contribution in [0.2, 0.25) is 5.02 Å². The predicted octanol–water partition coefficient (Wildman–Crippen LogP) is 3.64. The van der Waals surface area contributed by atoms with Crippen LogP contribution in [0.15, 0.2) is 24.3 Å². The highest BCUT2D eigenvalue weighted by atomic mass is 35.5. The van der Waals surface area contributed by atoms with Crippen LogP contribution in [0.3, 0.4) is 0 Å². The van der Waals surface area contributed by atoms with E-state index in [1.165, 1.54) is 11.9 Å².